The number of nitriles is 1. The minimum absolute atomic E-state index is 0.0438. The first-order valence-electron chi connectivity index (χ1n) is 10.1. The molecule has 124 valence electrons. The van der Waals surface area contributed by atoms with Gasteiger partial charge in [0.2, 0.25) is 0 Å². The molecule has 1 nitrogen and oxygen atoms in total. The third-order valence-corrected chi connectivity index (χ3v) is 7.49. The summed E-state index contributed by atoms with van der Waals surface area (Å²) in [4.78, 5) is 0. The van der Waals surface area contributed by atoms with Crippen LogP contribution in [-0.2, 0) is 0 Å². The van der Waals surface area contributed by atoms with Gasteiger partial charge in [-0.15, -0.1) is 0 Å². The first kappa shape index (κ1) is 16.4. The molecular formula is C21H35N. The van der Waals surface area contributed by atoms with E-state index in [1.165, 1.54) is 70.6 Å². The molecule has 0 aromatic heterocycles. The average Bonchev–Trinajstić information content (AvgIpc) is 2.55. The van der Waals surface area contributed by atoms with Gasteiger partial charge >= 0.3 is 0 Å². The zero-order valence-corrected chi connectivity index (χ0v) is 14.8. The summed E-state index contributed by atoms with van der Waals surface area (Å²) in [5, 5.41) is 9.74. The molecule has 3 aliphatic carbocycles. The van der Waals surface area contributed by atoms with E-state index in [-0.39, 0.29) is 5.41 Å². The topological polar surface area (TPSA) is 23.8 Å². The fraction of sp³-hybridized carbons (Fsp3) is 0.952. The molecule has 3 saturated carbocycles. The molecule has 0 amide bonds. The second-order valence-electron chi connectivity index (χ2n) is 8.78. The van der Waals surface area contributed by atoms with Crippen LogP contribution < -0.4 is 0 Å². The minimum Gasteiger partial charge on any atom is -0.198 e. The van der Waals surface area contributed by atoms with Crippen molar-refractivity contribution < 1.29 is 0 Å². The second-order valence-corrected chi connectivity index (χ2v) is 8.78. The van der Waals surface area contributed by atoms with Crippen LogP contribution in [0.1, 0.15) is 90.9 Å². The maximum atomic E-state index is 9.74. The van der Waals surface area contributed by atoms with Crippen molar-refractivity contribution >= 4 is 0 Å². The molecule has 3 aliphatic rings. The SMILES string of the molecule is CCC[C@@H]1CCC2C(CCC3C[C@](C#N)(CCC)CCC32)C1. The predicted molar refractivity (Wildman–Crippen MR) is 92.2 cm³/mol. The summed E-state index contributed by atoms with van der Waals surface area (Å²) < 4.78 is 0. The van der Waals surface area contributed by atoms with Crippen LogP contribution >= 0.6 is 0 Å². The molecule has 0 bridgehead atoms. The molecule has 0 aromatic rings. The lowest BCUT2D eigenvalue weighted by Gasteiger charge is -2.52. The van der Waals surface area contributed by atoms with E-state index in [0.29, 0.717) is 0 Å². The Balaban J connectivity index is 1.64. The van der Waals surface area contributed by atoms with Gasteiger partial charge in [-0.3, -0.25) is 0 Å². The molecule has 0 saturated heterocycles. The molecule has 0 aliphatic heterocycles. The molecular weight excluding hydrogens is 266 g/mol. The summed E-state index contributed by atoms with van der Waals surface area (Å²) in [5.41, 5.74) is 0.0438. The predicted octanol–water partition coefficient (Wildman–Crippen LogP) is 6.34. The summed E-state index contributed by atoms with van der Waals surface area (Å²) in [6.07, 6.45) is 16.4. The van der Waals surface area contributed by atoms with Gasteiger partial charge in [0.25, 0.3) is 0 Å². The highest BCUT2D eigenvalue weighted by molar-refractivity contribution is 5.06. The van der Waals surface area contributed by atoms with E-state index in [4.69, 9.17) is 0 Å². The maximum Gasteiger partial charge on any atom is 0.0689 e. The van der Waals surface area contributed by atoms with E-state index >= 15 is 0 Å². The number of hydrogen-bond acceptors (Lipinski definition) is 1. The Kier molecular flexibility index (Phi) is 5.16. The Morgan fingerprint density at radius 3 is 2.45 bits per heavy atom. The summed E-state index contributed by atoms with van der Waals surface area (Å²) in [7, 11) is 0. The standard InChI is InChI=1S/C21H35N/c1-3-5-16-6-9-19-17(13-16)7-8-18-14-21(15-22,11-4-2)12-10-20(18)19/h16-20H,3-14H2,1-2H3/t16-,17?,18?,19?,20?,21+/m1/s1. The van der Waals surface area contributed by atoms with Gasteiger partial charge in [0.05, 0.1) is 11.5 Å². The Bertz CT molecular complexity index is 409. The molecule has 0 heterocycles. The number of hydrogen-bond donors (Lipinski definition) is 0. The lowest BCUT2D eigenvalue weighted by Crippen LogP contribution is -2.44. The van der Waals surface area contributed by atoms with Crippen LogP contribution in [0.15, 0.2) is 0 Å². The van der Waals surface area contributed by atoms with Crippen LogP contribution in [0.4, 0.5) is 0 Å². The van der Waals surface area contributed by atoms with Crippen molar-refractivity contribution in [2.45, 2.75) is 90.9 Å². The fourth-order valence-corrected chi connectivity index (χ4v) is 6.56. The molecule has 0 aromatic carbocycles. The lowest BCUT2D eigenvalue weighted by molar-refractivity contribution is -0.0176. The van der Waals surface area contributed by atoms with Crippen molar-refractivity contribution in [1.82, 2.24) is 0 Å². The average molecular weight is 302 g/mol. The van der Waals surface area contributed by atoms with Gasteiger partial charge in [0.1, 0.15) is 0 Å². The third kappa shape index (κ3) is 3.08. The zero-order chi connectivity index (χ0) is 15.6. The quantitative estimate of drug-likeness (QED) is 0.594. The maximum absolute atomic E-state index is 9.74. The molecule has 6 atom stereocenters. The van der Waals surface area contributed by atoms with Crippen LogP contribution in [0.3, 0.4) is 0 Å². The van der Waals surface area contributed by atoms with Crippen LogP contribution in [0.2, 0.25) is 0 Å². The van der Waals surface area contributed by atoms with E-state index in [1.807, 2.05) is 0 Å². The van der Waals surface area contributed by atoms with E-state index in [9.17, 15) is 5.26 Å². The van der Waals surface area contributed by atoms with Crippen LogP contribution in [0.25, 0.3) is 0 Å². The van der Waals surface area contributed by atoms with Crippen LogP contribution in [0, 0.1) is 46.3 Å². The van der Waals surface area contributed by atoms with Crippen molar-refractivity contribution in [1.29, 1.82) is 5.26 Å². The highest BCUT2D eigenvalue weighted by atomic mass is 14.5. The summed E-state index contributed by atoms with van der Waals surface area (Å²) in [6.45, 7) is 4.59. The Hall–Kier alpha value is -0.510. The van der Waals surface area contributed by atoms with Gasteiger partial charge in [0, 0.05) is 0 Å². The summed E-state index contributed by atoms with van der Waals surface area (Å²) in [5.74, 6) is 4.94. The molecule has 0 radical (unpaired) electrons. The lowest BCUT2D eigenvalue weighted by atomic mass is 9.52. The highest BCUT2D eigenvalue weighted by Gasteiger charge is 2.48. The largest absolute Gasteiger partial charge is 0.198 e. The molecule has 3 rings (SSSR count). The van der Waals surface area contributed by atoms with Gasteiger partial charge in [-0.2, -0.15) is 5.26 Å². The number of rotatable bonds is 4. The minimum atomic E-state index is 0.0438. The molecule has 0 spiro atoms. The monoisotopic (exact) mass is 301 g/mol. The normalized spacial score (nSPS) is 44.7. The van der Waals surface area contributed by atoms with Gasteiger partial charge < -0.3 is 0 Å². The first-order valence-corrected chi connectivity index (χ1v) is 10.1. The van der Waals surface area contributed by atoms with Crippen molar-refractivity contribution in [3.05, 3.63) is 0 Å². The van der Waals surface area contributed by atoms with Crippen molar-refractivity contribution in [2.24, 2.45) is 35.0 Å². The fourth-order valence-electron chi connectivity index (χ4n) is 6.56. The van der Waals surface area contributed by atoms with Crippen LogP contribution in [-0.4, -0.2) is 0 Å². The van der Waals surface area contributed by atoms with Crippen molar-refractivity contribution in [3.63, 3.8) is 0 Å². The van der Waals surface area contributed by atoms with Crippen molar-refractivity contribution in [3.8, 4) is 6.07 Å². The van der Waals surface area contributed by atoms with E-state index < -0.39 is 0 Å². The smallest absolute Gasteiger partial charge is 0.0689 e. The molecule has 0 N–H and O–H groups in total. The third-order valence-electron chi connectivity index (χ3n) is 7.49. The van der Waals surface area contributed by atoms with Gasteiger partial charge in [0.15, 0.2) is 0 Å². The van der Waals surface area contributed by atoms with E-state index in [1.54, 1.807) is 0 Å². The molecule has 4 unspecified atom stereocenters. The number of nitrogens with zero attached hydrogens (tertiary/aromatic N) is 1. The van der Waals surface area contributed by atoms with Gasteiger partial charge in [-0.25, -0.2) is 0 Å². The Morgan fingerprint density at radius 2 is 1.73 bits per heavy atom. The molecule has 22 heavy (non-hydrogen) atoms. The van der Waals surface area contributed by atoms with Gasteiger partial charge in [-0.1, -0.05) is 39.5 Å². The van der Waals surface area contributed by atoms with E-state index in [0.717, 1.165) is 36.0 Å². The first-order chi connectivity index (χ1) is 10.7. The van der Waals surface area contributed by atoms with Crippen molar-refractivity contribution in [2.75, 3.05) is 0 Å². The zero-order valence-electron chi connectivity index (χ0n) is 14.8. The summed E-state index contributed by atoms with van der Waals surface area (Å²) >= 11 is 0. The Morgan fingerprint density at radius 1 is 0.955 bits per heavy atom. The number of fused-ring (bicyclic) bond motifs is 3. The summed E-state index contributed by atoms with van der Waals surface area (Å²) in [6, 6.07) is 2.75. The van der Waals surface area contributed by atoms with E-state index in [2.05, 4.69) is 19.9 Å². The van der Waals surface area contributed by atoms with Crippen LogP contribution in [0.5, 0.6) is 0 Å². The second kappa shape index (κ2) is 6.94. The highest BCUT2D eigenvalue weighted by Crippen LogP contribution is 2.56. The molecule has 1 heteroatoms. The van der Waals surface area contributed by atoms with Gasteiger partial charge in [-0.05, 0) is 81.0 Å². The molecule has 3 fully saturated rings. The Labute approximate surface area is 137 Å².